The van der Waals surface area contributed by atoms with E-state index in [1.54, 1.807) is 0 Å². The van der Waals surface area contributed by atoms with E-state index >= 15 is 0 Å². The Hall–Kier alpha value is -2.13. The minimum Gasteiger partial charge on any atom is -0.454 e. The number of primary amides is 1. The summed E-state index contributed by atoms with van der Waals surface area (Å²) in [5, 5.41) is 11.8. The molecule has 3 aliphatic heterocycles. The Balaban J connectivity index is 1.38. The highest BCUT2D eigenvalue weighted by atomic mass is 16.6. The second kappa shape index (κ2) is 8.91. The molecule has 1 aromatic rings. The first-order valence-electron chi connectivity index (χ1n) is 12.6. The standard InChI is InChI=1S/C24H35N5O4/c25-21(30)20(22-27-14-26-15-28-22)29-11-9-16(10-12-29)19(13-29)33-23(31)24(32,17-5-1-2-6-17)18-7-3-4-8-18/h14-20,32H,1-13H2,(H-,25,30)/p+1/t16?,19-,20?,29?/m0/s1. The number of aliphatic hydroxyl groups is 1. The third-order valence-corrected chi connectivity index (χ3v) is 9.08. The van der Waals surface area contributed by atoms with Gasteiger partial charge in [-0.1, -0.05) is 25.7 Å². The number of rotatable bonds is 7. The van der Waals surface area contributed by atoms with Crippen molar-refractivity contribution in [1.82, 2.24) is 15.0 Å². The highest BCUT2D eigenvalue weighted by Crippen LogP contribution is 2.47. The number of hydrogen-bond donors (Lipinski definition) is 2. The van der Waals surface area contributed by atoms with Gasteiger partial charge in [0, 0.05) is 18.8 Å². The summed E-state index contributed by atoms with van der Waals surface area (Å²) in [6.07, 6.45) is 11.9. The third kappa shape index (κ3) is 3.93. The highest BCUT2D eigenvalue weighted by Gasteiger charge is 2.57. The Bertz CT molecular complexity index is 845. The van der Waals surface area contributed by atoms with E-state index in [2.05, 4.69) is 15.0 Å². The Morgan fingerprint density at radius 3 is 2.06 bits per heavy atom. The Morgan fingerprint density at radius 2 is 1.55 bits per heavy atom. The number of amides is 1. The maximum atomic E-state index is 13.7. The Morgan fingerprint density at radius 1 is 1.00 bits per heavy atom. The van der Waals surface area contributed by atoms with Gasteiger partial charge in [-0.2, -0.15) is 0 Å². The smallest absolute Gasteiger partial charge is 0.339 e. The number of nitrogens with two attached hydrogens (primary N) is 1. The van der Waals surface area contributed by atoms with Gasteiger partial charge < -0.3 is 20.1 Å². The van der Waals surface area contributed by atoms with Crippen LogP contribution in [0.15, 0.2) is 12.7 Å². The van der Waals surface area contributed by atoms with Crippen LogP contribution in [0, 0.1) is 17.8 Å². The molecule has 1 amide bonds. The lowest BCUT2D eigenvalue weighted by molar-refractivity contribution is -0.965. The lowest BCUT2D eigenvalue weighted by Crippen LogP contribution is -2.68. The molecule has 0 aromatic carbocycles. The Labute approximate surface area is 194 Å². The number of hydrogen-bond acceptors (Lipinski definition) is 7. The summed E-state index contributed by atoms with van der Waals surface area (Å²) < 4.78 is 6.60. The van der Waals surface area contributed by atoms with Gasteiger partial charge in [-0.3, -0.25) is 4.79 Å². The third-order valence-electron chi connectivity index (χ3n) is 9.08. The van der Waals surface area contributed by atoms with E-state index < -0.39 is 23.5 Å². The molecule has 6 rings (SSSR count). The van der Waals surface area contributed by atoms with Crippen LogP contribution in [0.4, 0.5) is 0 Å². The maximum absolute atomic E-state index is 13.7. The molecule has 3 N–H and O–H groups in total. The van der Waals surface area contributed by atoms with E-state index in [1.165, 1.54) is 12.7 Å². The number of aromatic nitrogens is 3. The van der Waals surface area contributed by atoms with Crippen molar-refractivity contribution >= 4 is 11.9 Å². The number of quaternary nitrogens is 1. The number of piperidine rings is 3. The largest absolute Gasteiger partial charge is 0.454 e. The van der Waals surface area contributed by atoms with Gasteiger partial charge in [0.15, 0.2) is 17.5 Å². The fraction of sp³-hybridized carbons (Fsp3) is 0.792. The lowest BCUT2D eigenvalue weighted by Gasteiger charge is -2.54. The summed E-state index contributed by atoms with van der Waals surface area (Å²) in [5.74, 6) is -0.315. The summed E-state index contributed by atoms with van der Waals surface area (Å²) in [4.78, 5) is 38.6. The first kappa shape index (κ1) is 22.7. The van der Waals surface area contributed by atoms with Gasteiger partial charge >= 0.3 is 5.97 Å². The van der Waals surface area contributed by atoms with Gasteiger partial charge in [0.1, 0.15) is 19.2 Å². The summed E-state index contributed by atoms with van der Waals surface area (Å²) in [7, 11) is 0. The van der Waals surface area contributed by atoms with Crippen LogP contribution >= 0.6 is 0 Å². The molecule has 2 atom stereocenters. The van der Waals surface area contributed by atoms with Crippen molar-refractivity contribution < 1.29 is 23.9 Å². The van der Waals surface area contributed by atoms with Gasteiger partial charge in [0.05, 0.1) is 13.1 Å². The van der Waals surface area contributed by atoms with Gasteiger partial charge in [0.25, 0.3) is 5.91 Å². The number of ether oxygens (including phenoxy) is 1. The molecular formula is C24H36N5O4+. The fourth-order valence-electron chi connectivity index (χ4n) is 7.32. The first-order chi connectivity index (χ1) is 15.9. The van der Waals surface area contributed by atoms with E-state index in [0.717, 1.165) is 77.3 Å². The minimum absolute atomic E-state index is 0.0130. The van der Waals surface area contributed by atoms with Crippen molar-refractivity contribution in [2.75, 3.05) is 19.6 Å². The number of esters is 1. The molecule has 180 valence electrons. The van der Waals surface area contributed by atoms with Crippen LogP contribution in [-0.2, 0) is 14.3 Å². The SMILES string of the molecule is NC(=O)C(c1ncncn1)[N+]12CCC(CC1)[C@@H](OC(=O)C(O)(C1CCCC1)C1CCCC1)C2. The van der Waals surface area contributed by atoms with E-state index in [-0.39, 0.29) is 23.9 Å². The molecule has 5 fully saturated rings. The predicted molar refractivity (Wildman–Crippen MR) is 118 cm³/mol. The zero-order valence-corrected chi connectivity index (χ0v) is 19.3. The second-order valence-electron chi connectivity index (χ2n) is 10.7. The second-order valence-corrected chi connectivity index (χ2v) is 10.7. The maximum Gasteiger partial charge on any atom is 0.339 e. The minimum atomic E-state index is -1.39. The molecule has 0 radical (unpaired) electrons. The van der Waals surface area contributed by atoms with Crippen molar-refractivity contribution in [1.29, 1.82) is 0 Å². The van der Waals surface area contributed by atoms with Gasteiger partial charge in [0.2, 0.25) is 6.04 Å². The van der Waals surface area contributed by atoms with E-state index in [9.17, 15) is 14.7 Å². The molecule has 9 heteroatoms. The monoisotopic (exact) mass is 458 g/mol. The highest BCUT2D eigenvalue weighted by molar-refractivity contribution is 5.81. The topological polar surface area (TPSA) is 128 Å². The van der Waals surface area contributed by atoms with Crippen LogP contribution in [-0.4, -0.2) is 67.8 Å². The lowest BCUT2D eigenvalue weighted by atomic mass is 9.74. The average molecular weight is 459 g/mol. The van der Waals surface area contributed by atoms with Gasteiger partial charge in [-0.15, -0.1) is 0 Å². The molecule has 2 bridgehead atoms. The molecule has 1 unspecified atom stereocenters. The van der Waals surface area contributed by atoms with E-state index in [0.29, 0.717) is 16.9 Å². The summed E-state index contributed by atoms with van der Waals surface area (Å²) in [6.45, 7) is 2.04. The number of nitrogens with zero attached hydrogens (tertiary/aromatic N) is 4. The van der Waals surface area contributed by atoms with Crippen molar-refractivity contribution in [3.05, 3.63) is 18.5 Å². The Kier molecular flexibility index (Phi) is 6.11. The fourth-order valence-corrected chi connectivity index (χ4v) is 7.32. The van der Waals surface area contributed by atoms with Crippen molar-refractivity contribution in [3.63, 3.8) is 0 Å². The van der Waals surface area contributed by atoms with Crippen LogP contribution in [0.1, 0.15) is 76.1 Å². The molecule has 9 nitrogen and oxygen atoms in total. The molecule has 2 saturated carbocycles. The van der Waals surface area contributed by atoms with Crippen LogP contribution in [0.2, 0.25) is 0 Å². The van der Waals surface area contributed by atoms with Crippen molar-refractivity contribution in [2.24, 2.45) is 23.5 Å². The van der Waals surface area contributed by atoms with Crippen molar-refractivity contribution in [2.45, 2.75) is 82.0 Å². The summed E-state index contributed by atoms with van der Waals surface area (Å²) in [5.41, 5.74) is 4.47. The molecule has 33 heavy (non-hydrogen) atoms. The number of carbonyl (C=O) groups excluding carboxylic acids is 2. The number of fused-ring (bicyclic) bond motifs is 3. The zero-order valence-electron chi connectivity index (χ0n) is 19.3. The van der Waals surface area contributed by atoms with E-state index in [4.69, 9.17) is 10.5 Å². The first-order valence-corrected chi connectivity index (χ1v) is 12.6. The molecule has 1 aromatic heterocycles. The summed E-state index contributed by atoms with van der Waals surface area (Å²) >= 11 is 0. The molecule has 0 spiro atoms. The van der Waals surface area contributed by atoms with Crippen LogP contribution in [0.3, 0.4) is 0 Å². The van der Waals surface area contributed by atoms with Gasteiger partial charge in [-0.25, -0.2) is 19.7 Å². The van der Waals surface area contributed by atoms with Crippen LogP contribution in [0.25, 0.3) is 0 Å². The molecular weight excluding hydrogens is 422 g/mol. The predicted octanol–water partition coefficient (Wildman–Crippen LogP) is 1.66. The van der Waals surface area contributed by atoms with E-state index in [1.807, 2.05) is 0 Å². The molecule has 2 aliphatic carbocycles. The van der Waals surface area contributed by atoms with Crippen LogP contribution < -0.4 is 5.73 Å². The van der Waals surface area contributed by atoms with Gasteiger partial charge in [-0.05, 0) is 37.5 Å². The number of carbonyl (C=O) groups is 2. The average Bonchev–Trinajstić information content (AvgIpc) is 3.55. The van der Waals surface area contributed by atoms with Crippen LogP contribution in [0.5, 0.6) is 0 Å². The zero-order chi connectivity index (χ0) is 23.1. The quantitative estimate of drug-likeness (QED) is 0.470. The molecule has 4 heterocycles. The molecule has 5 aliphatic rings. The van der Waals surface area contributed by atoms with Crippen molar-refractivity contribution in [3.8, 4) is 0 Å². The summed E-state index contributed by atoms with van der Waals surface area (Å²) in [6, 6.07) is -0.695. The normalized spacial score (nSPS) is 31.5. The molecule has 3 saturated heterocycles.